The van der Waals surface area contributed by atoms with Gasteiger partial charge in [0.05, 0.1) is 0 Å². The van der Waals surface area contributed by atoms with Crippen LogP contribution in [0.5, 0.6) is 11.5 Å². The summed E-state index contributed by atoms with van der Waals surface area (Å²) in [6.07, 6.45) is 2.64. The van der Waals surface area contributed by atoms with Gasteiger partial charge in [-0.25, -0.2) is 0 Å². The number of ether oxygens (including phenoxy) is 1. The summed E-state index contributed by atoms with van der Waals surface area (Å²) in [5.41, 5.74) is 3.67. The first-order chi connectivity index (χ1) is 9.70. The molecule has 3 rings (SSSR count). The third kappa shape index (κ3) is 3.40. The monoisotopic (exact) mass is 267 g/mol. The van der Waals surface area contributed by atoms with Crippen LogP contribution in [0.25, 0.3) is 0 Å². The summed E-state index contributed by atoms with van der Waals surface area (Å²) in [6, 6.07) is 15.4. The van der Waals surface area contributed by atoms with Crippen LogP contribution in [0.3, 0.4) is 0 Å². The SMILES string of the molecule is Cc1cccc(Oc2cc(CNC3CC3)ccc2C)c1. The van der Waals surface area contributed by atoms with Crippen molar-refractivity contribution in [3.05, 3.63) is 59.2 Å². The maximum Gasteiger partial charge on any atom is 0.130 e. The predicted molar refractivity (Wildman–Crippen MR) is 82.3 cm³/mol. The fourth-order valence-electron chi connectivity index (χ4n) is 2.22. The van der Waals surface area contributed by atoms with Crippen molar-refractivity contribution in [3.63, 3.8) is 0 Å². The molecule has 0 saturated heterocycles. The molecule has 104 valence electrons. The zero-order valence-corrected chi connectivity index (χ0v) is 12.1. The van der Waals surface area contributed by atoms with Gasteiger partial charge >= 0.3 is 0 Å². The molecule has 2 nitrogen and oxygen atoms in total. The Hall–Kier alpha value is -1.80. The van der Waals surface area contributed by atoms with Crippen LogP contribution in [0.4, 0.5) is 0 Å². The average Bonchev–Trinajstić information content (AvgIpc) is 3.24. The van der Waals surface area contributed by atoms with Crippen molar-refractivity contribution in [2.45, 2.75) is 39.3 Å². The molecule has 20 heavy (non-hydrogen) atoms. The summed E-state index contributed by atoms with van der Waals surface area (Å²) in [4.78, 5) is 0. The number of benzene rings is 2. The fourth-order valence-corrected chi connectivity index (χ4v) is 2.22. The first-order valence-corrected chi connectivity index (χ1v) is 7.28. The summed E-state index contributed by atoms with van der Waals surface area (Å²) in [5.74, 6) is 1.85. The van der Waals surface area contributed by atoms with Crippen molar-refractivity contribution in [1.29, 1.82) is 0 Å². The fraction of sp³-hybridized carbons (Fsp3) is 0.333. The molecule has 2 heteroatoms. The van der Waals surface area contributed by atoms with Gasteiger partial charge < -0.3 is 10.1 Å². The first kappa shape index (κ1) is 13.2. The highest BCUT2D eigenvalue weighted by Crippen LogP contribution is 2.27. The van der Waals surface area contributed by atoms with Crippen LogP contribution in [0.15, 0.2) is 42.5 Å². The van der Waals surface area contributed by atoms with E-state index in [4.69, 9.17) is 4.74 Å². The van der Waals surface area contributed by atoms with Gasteiger partial charge in [-0.2, -0.15) is 0 Å². The topological polar surface area (TPSA) is 21.3 Å². The highest BCUT2D eigenvalue weighted by atomic mass is 16.5. The van der Waals surface area contributed by atoms with Crippen LogP contribution in [0, 0.1) is 13.8 Å². The molecule has 1 fully saturated rings. The molecular weight excluding hydrogens is 246 g/mol. The molecule has 1 saturated carbocycles. The van der Waals surface area contributed by atoms with Gasteiger partial charge in [-0.3, -0.25) is 0 Å². The number of hydrogen-bond donors (Lipinski definition) is 1. The summed E-state index contributed by atoms with van der Waals surface area (Å²) < 4.78 is 6.03. The Labute approximate surface area is 120 Å². The quantitative estimate of drug-likeness (QED) is 0.869. The van der Waals surface area contributed by atoms with Gasteiger partial charge in [-0.05, 0) is 61.6 Å². The van der Waals surface area contributed by atoms with E-state index in [1.165, 1.54) is 29.5 Å². The molecule has 0 atom stereocenters. The van der Waals surface area contributed by atoms with Crippen molar-refractivity contribution in [3.8, 4) is 11.5 Å². The zero-order chi connectivity index (χ0) is 13.9. The van der Waals surface area contributed by atoms with Crippen molar-refractivity contribution in [1.82, 2.24) is 5.32 Å². The highest BCUT2D eigenvalue weighted by molar-refractivity contribution is 5.40. The molecule has 1 aliphatic rings. The van der Waals surface area contributed by atoms with Gasteiger partial charge in [0.1, 0.15) is 11.5 Å². The lowest BCUT2D eigenvalue weighted by Gasteiger charge is -2.11. The lowest BCUT2D eigenvalue weighted by Crippen LogP contribution is -2.15. The Kier molecular flexibility index (Phi) is 3.75. The van der Waals surface area contributed by atoms with Crippen molar-refractivity contribution in [2.75, 3.05) is 0 Å². The van der Waals surface area contributed by atoms with Crippen LogP contribution in [0.1, 0.15) is 29.5 Å². The third-order valence-electron chi connectivity index (χ3n) is 3.64. The van der Waals surface area contributed by atoms with Crippen molar-refractivity contribution < 1.29 is 4.74 Å². The maximum absolute atomic E-state index is 6.03. The number of hydrogen-bond acceptors (Lipinski definition) is 2. The Morgan fingerprint density at radius 1 is 1.10 bits per heavy atom. The van der Waals surface area contributed by atoms with E-state index in [0.717, 1.165) is 24.1 Å². The predicted octanol–water partition coefficient (Wildman–Crippen LogP) is 4.35. The summed E-state index contributed by atoms with van der Waals surface area (Å²) in [6.45, 7) is 5.09. The van der Waals surface area contributed by atoms with E-state index < -0.39 is 0 Å². The maximum atomic E-state index is 6.03. The molecular formula is C18H21NO. The normalized spacial score (nSPS) is 14.3. The molecule has 0 bridgehead atoms. The smallest absolute Gasteiger partial charge is 0.130 e. The van der Waals surface area contributed by atoms with Gasteiger partial charge in [0.2, 0.25) is 0 Å². The molecule has 0 aliphatic heterocycles. The number of aryl methyl sites for hydroxylation is 2. The zero-order valence-electron chi connectivity index (χ0n) is 12.1. The van der Waals surface area contributed by atoms with E-state index in [-0.39, 0.29) is 0 Å². The van der Waals surface area contributed by atoms with E-state index in [1.807, 2.05) is 12.1 Å². The molecule has 0 spiro atoms. The molecule has 0 unspecified atom stereocenters. The largest absolute Gasteiger partial charge is 0.457 e. The van der Waals surface area contributed by atoms with Crippen LogP contribution >= 0.6 is 0 Å². The van der Waals surface area contributed by atoms with Gasteiger partial charge in [0.25, 0.3) is 0 Å². The van der Waals surface area contributed by atoms with Crippen LogP contribution < -0.4 is 10.1 Å². The van der Waals surface area contributed by atoms with Gasteiger partial charge in [-0.15, -0.1) is 0 Å². The van der Waals surface area contributed by atoms with Crippen molar-refractivity contribution in [2.24, 2.45) is 0 Å². The molecule has 0 radical (unpaired) electrons. The summed E-state index contributed by atoms with van der Waals surface area (Å²) in [5, 5.41) is 3.54. The number of rotatable bonds is 5. The molecule has 0 heterocycles. The summed E-state index contributed by atoms with van der Waals surface area (Å²) in [7, 11) is 0. The molecule has 0 aromatic heterocycles. The molecule has 1 N–H and O–H groups in total. The summed E-state index contributed by atoms with van der Waals surface area (Å²) >= 11 is 0. The Balaban J connectivity index is 1.75. The average molecular weight is 267 g/mol. The van der Waals surface area contributed by atoms with Gasteiger partial charge in [0.15, 0.2) is 0 Å². The first-order valence-electron chi connectivity index (χ1n) is 7.28. The second-order valence-electron chi connectivity index (χ2n) is 5.67. The lowest BCUT2D eigenvalue weighted by molar-refractivity contribution is 0.477. The molecule has 1 aliphatic carbocycles. The van der Waals surface area contributed by atoms with Crippen molar-refractivity contribution >= 4 is 0 Å². The molecule has 2 aromatic carbocycles. The highest BCUT2D eigenvalue weighted by Gasteiger charge is 2.20. The second-order valence-corrected chi connectivity index (χ2v) is 5.67. The third-order valence-corrected chi connectivity index (χ3v) is 3.64. The Morgan fingerprint density at radius 2 is 1.95 bits per heavy atom. The number of nitrogens with one attached hydrogen (secondary N) is 1. The molecule has 0 amide bonds. The minimum Gasteiger partial charge on any atom is -0.457 e. The second kappa shape index (κ2) is 5.68. The van der Waals surface area contributed by atoms with E-state index in [0.29, 0.717) is 0 Å². The lowest BCUT2D eigenvalue weighted by atomic mass is 10.1. The standard InChI is InChI=1S/C18H21NO/c1-13-4-3-5-17(10-13)20-18-11-15(7-6-14(18)2)12-19-16-8-9-16/h3-7,10-11,16,19H,8-9,12H2,1-2H3. The Bertz CT molecular complexity index is 602. The van der Waals surface area contributed by atoms with E-state index in [2.05, 4.69) is 49.5 Å². The van der Waals surface area contributed by atoms with Crippen LogP contribution in [-0.4, -0.2) is 6.04 Å². The molecule has 2 aromatic rings. The minimum absolute atomic E-state index is 0.734. The van der Waals surface area contributed by atoms with E-state index in [9.17, 15) is 0 Å². The minimum atomic E-state index is 0.734. The Morgan fingerprint density at radius 3 is 2.70 bits per heavy atom. The van der Waals surface area contributed by atoms with Gasteiger partial charge in [0, 0.05) is 12.6 Å². The van der Waals surface area contributed by atoms with Gasteiger partial charge in [-0.1, -0.05) is 24.3 Å². The van der Waals surface area contributed by atoms with Crippen LogP contribution in [-0.2, 0) is 6.54 Å². The van der Waals surface area contributed by atoms with E-state index >= 15 is 0 Å². The van der Waals surface area contributed by atoms with Crippen LogP contribution in [0.2, 0.25) is 0 Å². The van der Waals surface area contributed by atoms with E-state index in [1.54, 1.807) is 0 Å².